The number of hydrogen-bond donors (Lipinski definition) is 1. The van der Waals surface area contributed by atoms with Crippen LogP contribution in [0.4, 0.5) is 0 Å². The normalized spacial score (nSPS) is 9.85. The lowest BCUT2D eigenvalue weighted by atomic mass is 10.2. The molecule has 0 bridgehead atoms. The largest absolute Gasteiger partial charge is 0.491 e. The van der Waals surface area contributed by atoms with Gasteiger partial charge in [0.2, 0.25) is 0 Å². The van der Waals surface area contributed by atoms with E-state index in [0.717, 1.165) is 16.2 Å². The predicted molar refractivity (Wildman–Crippen MR) is 81.8 cm³/mol. The van der Waals surface area contributed by atoms with E-state index in [2.05, 4.69) is 11.8 Å². The molecule has 0 atom stereocenters. The molecule has 0 radical (unpaired) electrons. The molecule has 0 aliphatic rings. The molecule has 0 spiro atoms. The molecule has 0 amide bonds. The highest BCUT2D eigenvalue weighted by molar-refractivity contribution is 7.10. The van der Waals surface area contributed by atoms with Gasteiger partial charge in [0.05, 0.1) is 19.8 Å². The van der Waals surface area contributed by atoms with Crippen LogP contribution in [0.25, 0.3) is 0 Å². The van der Waals surface area contributed by atoms with Crippen molar-refractivity contribution in [3.05, 3.63) is 52.2 Å². The quantitative estimate of drug-likeness (QED) is 0.656. The van der Waals surface area contributed by atoms with Gasteiger partial charge in [-0.1, -0.05) is 30.0 Å². The molecular formula is C16H17NO2S. The molecule has 4 heteroatoms. The minimum Gasteiger partial charge on any atom is -0.491 e. The Morgan fingerprint density at radius 2 is 1.95 bits per heavy atom. The van der Waals surface area contributed by atoms with Gasteiger partial charge in [-0.2, -0.15) is 0 Å². The Morgan fingerprint density at radius 3 is 2.75 bits per heavy atom. The Bertz CT molecular complexity index is 569. The average molecular weight is 287 g/mol. The summed E-state index contributed by atoms with van der Waals surface area (Å²) in [5.41, 5.74) is 6.38. The van der Waals surface area contributed by atoms with Gasteiger partial charge in [-0.05, 0) is 23.6 Å². The number of hydrogen-bond acceptors (Lipinski definition) is 4. The third kappa shape index (κ3) is 4.71. The van der Waals surface area contributed by atoms with Gasteiger partial charge in [0.25, 0.3) is 0 Å². The summed E-state index contributed by atoms with van der Waals surface area (Å²) in [4.78, 5) is 1.13. The summed E-state index contributed by atoms with van der Waals surface area (Å²) in [6, 6.07) is 11.7. The summed E-state index contributed by atoms with van der Waals surface area (Å²) in [5.74, 6) is 6.76. The molecule has 0 saturated carbocycles. The van der Waals surface area contributed by atoms with Crippen molar-refractivity contribution in [3.63, 3.8) is 0 Å². The number of para-hydroxylation sites is 1. The van der Waals surface area contributed by atoms with Crippen molar-refractivity contribution in [1.29, 1.82) is 0 Å². The van der Waals surface area contributed by atoms with Gasteiger partial charge in [-0.25, -0.2) is 0 Å². The van der Waals surface area contributed by atoms with Crippen molar-refractivity contribution < 1.29 is 9.47 Å². The third-order valence-corrected chi connectivity index (χ3v) is 3.44. The Hall–Kier alpha value is -1.80. The molecule has 1 aromatic carbocycles. The molecule has 0 fully saturated rings. The second-order valence-electron chi connectivity index (χ2n) is 3.98. The first-order valence-corrected chi connectivity index (χ1v) is 7.29. The number of thiophene rings is 1. The van der Waals surface area contributed by atoms with E-state index in [0.29, 0.717) is 26.4 Å². The second kappa shape index (κ2) is 8.39. The summed E-state index contributed by atoms with van der Waals surface area (Å²) in [6.07, 6.45) is 0. The van der Waals surface area contributed by atoms with Crippen molar-refractivity contribution in [1.82, 2.24) is 0 Å². The maximum Gasteiger partial charge on any atom is 0.119 e. The van der Waals surface area contributed by atoms with E-state index in [1.54, 1.807) is 11.3 Å². The number of rotatable bonds is 6. The molecule has 104 valence electrons. The fourth-order valence-electron chi connectivity index (χ4n) is 1.61. The maximum absolute atomic E-state index is 5.61. The van der Waals surface area contributed by atoms with Gasteiger partial charge in [0.15, 0.2) is 0 Å². The van der Waals surface area contributed by atoms with Crippen LogP contribution < -0.4 is 10.5 Å². The summed E-state index contributed by atoms with van der Waals surface area (Å²) in [6.45, 7) is 2.03. The molecule has 3 nitrogen and oxygen atoms in total. The van der Waals surface area contributed by atoms with Gasteiger partial charge in [-0.3, -0.25) is 0 Å². The average Bonchev–Trinajstić information content (AvgIpc) is 2.93. The van der Waals surface area contributed by atoms with Crippen LogP contribution in [0.3, 0.4) is 0 Å². The van der Waals surface area contributed by atoms with E-state index in [4.69, 9.17) is 15.2 Å². The molecule has 1 heterocycles. The molecular weight excluding hydrogens is 270 g/mol. The number of nitrogens with two attached hydrogens (primary N) is 1. The van der Waals surface area contributed by atoms with Crippen molar-refractivity contribution in [2.75, 3.05) is 19.8 Å². The zero-order valence-electron chi connectivity index (χ0n) is 11.2. The van der Waals surface area contributed by atoms with E-state index in [9.17, 15) is 0 Å². The van der Waals surface area contributed by atoms with Crippen molar-refractivity contribution in [3.8, 4) is 17.6 Å². The lowest BCUT2D eigenvalue weighted by Gasteiger charge is -2.06. The first-order valence-electron chi connectivity index (χ1n) is 6.41. The van der Waals surface area contributed by atoms with Crippen LogP contribution in [0.1, 0.15) is 10.4 Å². The fraction of sp³-hybridized carbons (Fsp3) is 0.250. The van der Waals surface area contributed by atoms with Gasteiger partial charge in [0, 0.05) is 10.4 Å². The standard InChI is InChI=1S/C16H17NO2S/c17-9-4-5-14-8-12-20-16(14)13-18-10-11-19-15-6-2-1-3-7-15/h1-3,6-8,12H,9-11,13,17H2. The SMILES string of the molecule is NCC#Cc1ccsc1COCCOc1ccccc1. The highest BCUT2D eigenvalue weighted by atomic mass is 32.1. The van der Waals surface area contributed by atoms with Crippen LogP contribution in [-0.4, -0.2) is 19.8 Å². The van der Waals surface area contributed by atoms with Crippen LogP contribution in [0.2, 0.25) is 0 Å². The van der Waals surface area contributed by atoms with Crippen LogP contribution >= 0.6 is 11.3 Å². The lowest BCUT2D eigenvalue weighted by Crippen LogP contribution is -2.06. The Labute approximate surface area is 123 Å². The van der Waals surface area contributed by atoms with Gasteiger partial charge >= 0.3 is 0 Å². The molecule has 2 rings (SSSR count). The predicted octanol–water partition coefficient (Wildman–Crippen LogP) is 2.65. The first-order chi connectivity index (χ1) is 9.90. The van der Waals surface area contributed by atoms with Gasteiger partial charge in [0.1, 0.15) is 12.4 Å². The van der Waals surface area contributed by atoms with Crippen molar-refractivity contribution >= 4 is 11.3 Å². The first kappa shape index (κ1) is 14.6. The number of ether oxygens (including phenoxy) is 2. The van der Waals surface area contributed by atoms with Crippen molar-refractivity contribution in [2.45, 2.75) is 6.61 Å². The molecule has 2 N–H and O–H groups in total. The minimum absolute atomic E-state index is 0.376. The van der Waals surface area contributed by atoms with Crippen LogP contribution in [0, 0.1) is 11.8 Å². The smallest absolute Gasteiger partial charge is 0.119 e. The van der Waals surface area contributed by atoms with E-state index in [-0.39, 0.29) is 0 Å². The van der Waals surface area contributed by atoms with Crippen LogP contribution in [0.15, 0.2) is 41.8 Å². The molecule has 2 aromatic rings. The van der Waals surface area contributed by atoms with Crippen LogP contribution in [0.5, 0.6) is 5.75 Å². The zero-order chi connectivity index (χ0) is 14.0. The maximum atomic E-state index is 5.61. The van der Waals surface area contributed by atoms with Crippen molar-refractivity contribution in [2.24, 2.45) is 5.73 Å². The Balaban J connectivity index is 1.70. The monoisotopic (exact) mass is 287 g/mol. The summed E-state index contributed by atoms with van der Waals surface area (Å²) in [5, 5.41) is 2.01. The molecule has 0 aliphatic heterocycles. The van der Waals surface area contributed by atoms with Crippen LogP contribution in [-0.2, 0) is 11.3 Å². The number of benzene rings is 1. The summed E-state index contributed by atoms with van der Waals surface area (Å²) >= 11 is 1.65. The topological polar surface area (TPSA) is 44.5 Å². The Morgan fingerprint density at radius 1 is 1.10 bits per heavy atom. The van der Waals surface area contributed by atoms with E-state index >= 15 is 0 Å². The van der Waals surface area contributed by atoms with E-state index in [1.807, 2.05) is 41.8 Å². The molecule has 0 aliphatic carbocycles. The fourth-order valence-corrected chi connectivity index (χ4v) is 2.38. The van der Waals surface area contributed by atoms with E-state index < -0.39 is 0 Å². The minimum atomic E-state index is 0.376. The summed E-state index contributed by atoms with van der Waals surface area (Å²) in [7, 11) is 0. The lowest BCUT2D eigenvalue weighted by molar-refractivity contribution is 0.0904. The molecule has 1 aromatic heterocycles. The highest BCUT2D eigenvalue weighted by Gasteiger charge is 2.02. The second-order valence-corrected chi connectivity index (χ2v) is 4.98. The van der Waals surface area contributed by atoms with Gasteiger partial charge in [-0.15, -0.1) is 11.3 Å². The molecule has 0 unspecified atom stereocenters. The Kier molecular flexibility index (Phi) is 6.12. The summed E-state index contributed by atoms with van der Waals surface area (Å²) < 4.78 is 11.2. The molecule has 20 heavy (non-hydrogen) atoms. The molecule has 0 saturated heterocycles. The zero-order valence-corrected chi connectivity index (χ0v) is 12.0. The highest BCUT2D eigenvalue weighted by Crippen LogP contribution is 2.16. The van der Waals surface area contributed by atoms with E-state index in [1.165, 1.54) is 0 Å². The third-order valence-electron chi connectivity index (χ3n) is 2.54. The van der Waals surface area contributed by atoms with Gasteiger partial charge < -0.3 is 15.2 Å².